The number of unbranched alkanes of at least 4 members (excludes halogenated alkanes) is 6. The third-order valence-corrected chi connectivity index (χ3v) is 6.65. The fourth-order valence-corrected chi connectivity index (χ4v) is 4.58. The Morgan fingerprint density at radius 1 is 0.941 bits per heavy atom. The molecule has 0 aliphatic heterocycles. The van der Waals surface area contributed by atoms with Gasteiger partial charge in [0.2, 0.25) is 5.91 Å². The fourth-order valence-electron chi connectivity index (χ4n) is 3.98. The van der Waals surface area contributed by atoms with Crippen molar-refractivity contribution < 1.29 is 14.0 Å². The topological polar surface area (TPSA) is 29.5 Å². The summed E-state index contributed by atoms with van der Waals surface area (Å²) in [6.45, 7) is 3.71. The summed E-state index contributed by atoms with van der Waals surface area (Å²) in [5, 5.41) is 1.10. The average Bonchev–Trinajstić information content (AvgIpc) is 2.78. The molecule has 0 atom stereocenters. The van der Waals surface area contributed by atoms with E-state index in [9.17, 15) is 4.79 Å². The molecule has 0 aliphatic rings. The van der Waals surface area contributed by atoms with Crippen LogP contribution >= 0.6 is 23.2 Å². The van der Waals surface area contributed by atoms with Crippen molar-refractivity contribution in [3.05, 3.63) is 46.4 Å². The van der Waals surface area contributed by atoms with Gasteiger partial charge in [-0.1, -0.05) is 74.7 Å². The van der Waals surface area contributed by atoms with Crippen LogP contribution in [0.1, 0.15) is 58.3 Å². The van der Waals surface area contributed by atoms with Crippen LogP contribution in [0.3, 0.4) is 0 Å². The highest BCUT2D eigenvalue weighted by Gasteiger charge is 2.22. The van der Waals surface area contributed by atoms with E-state index in [0.29, 0.717) is 28.8 Å². The molecule has 2 aromatic rings. The van der Waals surface area contributed by atoms with E-state index in [1.54, 1.807) is 7.11 Å². The minimum Gasteiger partial charge on any atom is -0.496 e. The molecule has 34 heavy (non-hydrogen) atoms. The van der Waals surface area contributed by atoms with Crippen LogP contribution in [-0.4, -0.2) is 51.7 Å². The minimum atomic E-state index is 0.156. The Hall–Kier alpha value is -1.75. The van der Waals surface area contributed by atoms with Crippen LogP contribution in [0, 0.1) is 0 Å². The largest absolute Gasteiger partial charge is 0.496 e. The Labute approximate surface area is 216 Å². The Bertz CT molecular complexity index is 905. The number of ether oxygens (including phenoxy) is 1. The third-order valence-electron chi connectivity index (χ3n) is 6.02. The molecule has 0 aromatic heterocycles. The maximum absolute atomic E-state index is 13.4. The number of rotatable bonds is 14. The van der Waals surface area contributed by atoms with Gasteiger partial charge in [0.1, 0.15) is 5.75 Å². The molecule has 4 nitrogen and oxygen atoms in total. The van der Waals surface area contributed by atoms with Crippen molar-refractivity contribution >= 4 is 34.8 Å². The molecule has 0 fully saturated rings. The lowest BCUT2D eigenvalue weighted by Gasteiger charge is -2.30. The number of quaternary nitrogens is 1. The summed E-state index contributed by atoms with van der Waals surface area (Å²) in [6.07, 6.45) is 8.87. The fraction of sp³-hybridized carbons (Fsp3) is 0.536. The molecular weight excluding hydrogens is 467 g/mol. The van der Waals surface area contributed by atoms with Gasteiger partial charge in [-0.25, -0.2) is 0 Å². The van der Waals surface area contributed by atoms with Crippen molar-refractivity contribution in [3.8, 4) is 16.9 Å². The maximum atomic E-state index is 13.4. The van der Waals surface area contributed by atoms with Crippen molar-refractivity contribution in [1.82, 2.24) is 0 Å². The lowest BCUT2D eigenvalue weighted by molar-refractivity contribution is -0.868. The number of anilines is 1. The predicted octanol–water partition coefficient (Wildman–Crippen LogP) is 7.85. The quantitative estimate of drug-likeness (QED) is 0.192. The number of carbonyl (C=O) groups is 1. The molecule has 0 aliphatic carbocycles. The van der Waals surface area contributed by atoms with Crippen molar-refractivity contribution in [2.75, 3.05) is 46.2 Å². The average molecular weight is 509 g/mol. The smallest absolute Gasteiger partial charge is 0.227 e. The van der Waals surface area contributed by atoms with Gasteiger partial charge in [-0.15, -0.1) is 0 Å². The Kier molecular flexibility index (Phi) is 11.7. The van der Waals surface area contributed by atoms with Crippen LogP contribution in [0.25, 0.3) is 11.1 Å². The van der Waals surface area contributed by atoms with Crippen LogP contribution in [0.15, 0.2) is 36.4 Å². The summed E-state index contributed by atoms with van der Waals surface area (Å²) in [5.41, 5.74) is 2.35. The van der Waals surface area contributed by atoms with Crippen molar-refractivity contribution in [2.45, 2.75) is 58.3 Å². The van der Waals surface area contributed by atoms with Crippen molar-refractivity contribution in [2.24, 2.45) is 0 Å². The first-order valence-electron chi connectivity index (χ1n) is 12.4. The van der Waals surface area contributed by atoms with E-state index in [1.165, 1.54) is 32.1 Å². The van der Waals surface area contributed by atoms with Gasteiger partial charge in [0.15, 0.2) is 0 Å². The van der Waals surface area contributed by atoms with Crippen molar-refractivity contribution in [1.29, 1.82) is 0 Å². The maximum Gasteiger partial charge on any atom is 0.227 e. The summed E-state index contributed by atoms with van der Waals surface area (Å²) < 4.78 is 6.39. The predicted molar refractivity (Wildman–Crippen MR) is 146 cm³/mol. The molecule has 0 heterocycles. The number of hydrogen-bond acceptors (Lipinski definition) is 2. The first-order chi connectivity index (χ1) is 16.2. The monoisotopic (exact) mass is 507 g/mol. The van der Waals surface area contributed by atoms with Gasteiger partial charge in [0.25, 0.3) is 0 Å². The minimum absolute atomic E-state index is 0.156. The second-order valence-electron chi connectivity index (χ2n) is 9.91. The summed E-state index contributed by atoms with van der Waals surface area (Å²) in [7, 11) is 8.05. The zero-order valence-electron chi connectivity index (χ0n) is 21.5. The Morgan fingerprint density at radius 2 is 1.56 bits per heavy atom. The molecule has 0 saturated heterocycles. The number of carbonyl (C=O) groups excluding carboxylic acids is 1. The van der Waals surface area contributed by atoms with E-state index < -0.39 is 0 Å². The highest BCUT2D eigenvalue weighted by Crippen LogP contribution is 2.41. The first-order valence-corrected chi connectivity index (χ1v) is 13.2. The molecule has 0 radical (unpaired) electrons. The lowest BCUT2D eigenvalue weighted by atomic mass is 10.0. The SMILES string of the molecule is CCCCCCCCCC(=O)N(CC[N+](C)(C)C)c1ccc(OC)c(-c2c(Cl)cccc2Cl)c1. The van der Waals surface area contributed by atoms with E-state index in [2.05, 4.69) is 28.1 Å². The first kappa shape index (κ1) is 28.5. The molecule has 2 rings (SSSR count). The number of likely N-dealkylation sites (N-methyl/N-ethyl adjacent to an activating group) is 1. The molecule has 188 valence electrons. The molecule has 0 N–H and O–H groups in total. The van der Waals surface area contributed by atoms with Crippen LogP contribution in [0.5, 0.6) is 5.75 Å². The zero-order valence-corrected chi connectivity index (χ0v) is 23.0. The van der Waals surface area contributed by atoms with Gasteiger partial charge in [0.05, 0.1) is 51.4 Å². The van der Waals surface area contributed by atoms with Gasteiger partial charge < -0.3 is 14.1 Å². The molecule has 2 aromatic carbocycles. The summed E-state index contributed by atoms with van der Waals surface area (Å²) in [4.78, 5) is 15.3. The molecule has 1 amide bonds. The number of methoxy groups -OCH3 is 1. The molecule has 0 bridgehead atoms. The zero-order chi connectivity index (χ0) is 25.1. The van der Waals surface area contributed by atoms with E-state index >= 15 is 0 Å². The summed E-state index contributed by atoms with van der Waals surface area (Å²) in [5.74, 6) is 0.827. The van der Waals surface area contributed by atoms with Crippen molar-refractivity contribution in [3.63, 3.8) is 0 Å². The molecule has 0 saturated carbocycles. The number of halogens is 2. The van der Waals surface area contributed by atoms with E-state index in [4.69, 9.17) is 27.9 Å². The lowest BCUT2D eigenvalue weighted by Crippen LogP contribution is -2.44. The Morgan fingerprint density at radius 3 is 2.15 bits per heavy atom. The molecule has 0 spiro atoms. The van der Waals surface area contributed by atoms with Gasteiger partial charge in [0, 0.05) is 23.2 Å². The van der Waals surface area contributed by atoms with E-state index in [-0.39, 0.29) is 5.91 Å². The Balaban J connectivity index is 2.27. The van der Waals surface area contributed by atoms with Crippen LogP contribution < -0.4 is 9.64 Å². The highest BCUT2D eigenvalue weighted by atomic mass is 35.5. The normalized spacial score (nSPS) is 11.5. The highest BCUT2D eigenvalue weighted by molar-refractivity contribution is 6.39. The van der Waals surface area contributed by atoms with Crippen LogP contribution in [0.2, 0.25) is 10.0 Å². The molecule has 0 unspecified atom stereocenters. The summed E-state index contributed by atoms with van der Waals surface area (Å²) in [6, 6.07) is 11.3. The molecular formula is C28H41Cl2N2O2+. The van der Waals surface area contributed by atoms with Gasteiger partial charge in [-0.05, 0) is 36.8 Å². The second kappa shape index (κ2) is 14.0. The summed E-state index contributed by atoms with van der Waals surface area (Å²) >= 11 is 13.0. The number of hydrogen-bond donors (Lipinski definition) is 0. The third kappa shape index (κ3) is 8.79. The van der Waals surface area contributed by atoms with Gasteiger partial charge in [-0.3, -0.25) is 4.79 Å². The number of amides is 1. The number of benzene rings is 2. The van der Waals surface area contributed by atoms with Crippen LogP contribution in [-0.2, 0) is 4.79 Å². The standard InChI is InChI=1S/C28H41Cl2N2O2/c1-6-7-8-9-10-11-12-16-27(33)31(19-20-32(2,3)4)22-17-18-26(34-5)23(21-22)28-24(29)14-13-15-25(28)30/h13-15,17-18,21H,6-12,16,19-20H2,1-5H3/q+1. The van der Waals surface area contributed by atoms with Crippen LogP contribution in [0.4, 0.5) is 5.69 Å². The van der Waals surface area contributed by atoms with Gasteiger partial charge >= 0.3 is 0 Å². The molecule has 6 heteroatoms. The second-order valence-corrected chi connectivity index (χ2v) is 10.7. The van der Waals surface area contributed by atoms with Gasteiger partial charge in [-0.2, -0.15) is 0 Å². The number of nitrogens with zero attached hydrogens (tertiary/aromatic N) is 2. The van der Waals surface area contributed by atoms with E-state index in [0.717, 1.165) is 40.7 Å². The van der Waals surface area contributed by atoms with E-state index in [1.807, 2.05) is 41.3 Å².